The van der Waals surface area contributed by atoms with Gasteiger partial charge in [0.05, 0.1) is 17.9 Å². The Hall–Kier alpha value is -2.93. The second kappa shape index (κ2) is 8.18. The average Bonchev–Trinajstić information content (AvgIpc) is 3.39. The molecule has 1 saturated heterocycles. The molecule has 27 heavy (non-hydrogen) atoms. The van der Waals surface area contributed by atoms with E-state index < -0.39 is 0 Å². The van der Waals surface area contributed by atoms with Crippen LogP contribution in [0.3, 0.4) is 0 Å². The van der Waals surface area contributed by atoms with Crippen molar-refractivity contribution < 1.29 is 4.79 Å². The Balaban J connectivity index is 1.29. The summed E-state index contributed by atoms with van der Waals surface area (Å²) < 4.78 is 3.75. The molecule has 1 fully saturated rings. The molecule has 0 radical (unpaired) electrons. The molecule has 0 aliphatic carbocycles. The number of para-hydroxylation sites is 1. The topological polar surface area (TPSA) is 76.8 Å². The smallest absolute Gasteiger partial charge is 0.271 e. The van der Waals surface area contributed by atoms with Gasteiger partial charge in [0.2, 0.25) is 0 Å². The third kappa shape index (κ3) is 4.25. The number of nitrogens with one attached hydrogen (secondary N) is 2. The molecule has 1 aromatic carbocycles. The van der Waals surface area contributed by atoms with Crippen molar-refractivity contribution in [1.29, 1.82) is 0 Å². The van der Waals surface area contributed by atoms with Gasteiger partial charge in [0.1, 0.15) is 5.69 Å². The van der Waals surface area contributed by atoms with Crippen molar-refractivity contribution in [3.63, 3.8) is 0 Å². The summed E-state index contributed by atoms with van der Waals surface area (Å²) in [7, 11) is 0. The zero-order chi connectivity index (χ0) is 18.5. The summed E-state index contributed by atoms with van der Waals surface area (Å²) in [5, 5.41) is 15.1. The summed E-state index contributed by atoms with van der Waals surface area (Å²) in [6.07, 6.45) is 8.70. The van der Waals surface area contributed by atoms with E-state index in [-0.39, 0.29) is 5.91 Å². The minimum atomic E-state index is -0.132. The van der Waals surface area contributed by atoms with Crippen molar-refractivity contribution in [3.05, 3.63) is 66.2 Å². The number of benzene rings is 1. The molecule has 1 unspecified atom stereocenters. The van der Waals surface area contributed by atoms with Crippen LogP contribution in [0.5, 0.6) is 0 Å². The number of carbonyl (C=O) groups is 1. The van der Waals surface area contributed by atoms with Crippen LogP contribution in [0, 0.1) is 0 Å². The monoisotopic (exact) mass is 364 g/mol. The molecular weight excluding hydrogens is 340 g/mol. The van der Waals surface area contributed by atoms with Gasteiger partial charge >= 0.3 is 0 Å². The summed E-state index contributed by atoms with van der Waals surface area (Å²) in [6, 6.07) is 12.1. The molecule has 0 saturated carbocycles. The van der Waals surface area contributed by atoms with E-state index in [1.165, 1.54) is 0 Å². The number of carbonyl (C=O) groups excluding carboxylic acids is 1. The molecule has 140 valence electrons. The van der Waals surface area contributed by atoms with E-state index in [1.54, 1.807) is 6.07 Å². The lowest BCUT2D eigenvalue weighted by molar-refractivity contribution is 0.0947. The molecule has 7 heteroatoms. The van der Waals surface area contributed by atoms with Gasteiger partial charge in [-0.15, -0.1) is 0 Å². The van der Waals surface area contributed by atoms with E-state index in [0.29, 0.717) is 18.3 Å². The molecule has 2 N–H and O–H groups in total. The van der Waals surface area contributed by atoms with Crippen LogP contribution >= 0.6 is 0 Å². The van der Waals surface area contributed by atoms with Gasteiger partial charge < -0.3 is 10.6 Å². The molecule has 0 spiro atoms. The molecule has 1 amide bonds. The largest absolute Gasteiger partial charge is 0.350 e. The Labute approximate surface area is 158 Å². The molecule has 3 aromatic rings. The summed E-state index contributed by atoms with van der Waals surface area (Å²) in [6.45, 7) is 2.53. The minimum Gasteiger partial charge on any atom is -0.350 e. The van der Waals surface area contributed by atoms with Crippen molar-refractivity contribution >= 4 is 5.91 Å². The molecule has 1 aliphatic rings. The van der Waals surface area contributed by atoms with Crippen LogP contribution in [0.2, 0.25) is 0 Å². The Morgan fingerprint density at radius 2 is 2.15 bits per heavy atom. The number of hydrogen-bond acceptors (Lipinski definition) is 4. The summed E-state index contributed by atoms with van der Waals surface area (Å²) in [5.74, 6) is -0.132. The van der Waals surface area contributed by atoms with Crippen LogP contribution < -0.4 is 10.6 Å². The summed E-state index contributed by atoms with van der Waals surface area (Å²) in [4.78, 5) is 12.3. The minimum absolute atomic E-state index is 0.132. The van der Waals surface area contributed by atoms with Crippen molar-refractivity contribution in [2.24, 2.45) is 0 Å². The Morgan fingerprint density at radius 1 is 1.26 bits per heavy atom. The maximum absolute atomic E-state index is 12.3. The van der Waals surface area contributed by atoms with Crippen LogP contribution in [0.1, 0.15) is 34.9 Å². The van der Waals surface area contributed by atoms with Crippen molar-refractivity contribution in [1.82, 2.24) is 30.2 Å². The lowest BCUT2D eigenvalue weighted by atomic mass is 10.1. The van der Waals surface area contributed by atoms with Gasteiger partial charge in [-0.2, -0.15) is 10.2 Å². The number of aromatic nitrogens is 4. The van der Waals surface area contributed by atoms with Gasteiger partial charge in [0.15, 0.2) is 0 Å². The van der Waals surface area contributed by atoms with Gasteiger partial charge in [0, 0.05) is 25.5 Å². The van der Waals surface area contributed by atoms with E-state index in [1.807, 2.05) is 58.3 Å². The highest BCUT2D eigenvalue weighted by Crippen LogP contribution is 2.15. The SMILES string of the molecule is O=C(NCCc1cnn(-c2ccccc2)c1)c1ccn(C2CCCNC2)n1. The number of nitrogens with zero attached hydrogens (tertiary/aromatic N) is 4. The third-order valence-corrected chi connectivity index (χ3v) is 4.84. The first-order chi connectivity index (χ1) is 13.3. The van der Waals surface area contributed by atoms with Gasteiger partial charge in [-0.1, -0.05) is 18.2 Å². The number of hydrogen-bond donors (Lipinski definition) is 2. The number of piperidine rings is 1. The molecular formula is C20H24N6O. The van der Waals surface area contributed by atoms with E-state index in [9.17, 15) is 4.79 Å². The Morgan fingerprint density at radius 3 is 2.96 bits per heavy atom. The lowest BCUT2D eigenvalue weighted by Gasteiger charge is -2.22. The summed E-state index contributed by atoms with van der Waals surface area (Å²) in [5.41, 5.74) is 2.58. The highest BCUT2D eigenvalue weighted by atomic mass is 16.1. The van der Waals surface area contributed by atoms with Gasteiger partial charge in [-0.05, 0) is 49.6 Å². The standard InChI is InChI=1S/C20H24N6O/c27-20(19-9-12-25(24-19)18-7-4-10-21-14-18)22-11-8-16-13-23-26(15-16)17-5-2-1-3-6-17/h1-3,5-6,9,12-13,15,18,21H,4,7-8,10-11,14H2,(H,22,27). The first-order valence-corrected chi connectivity index (χ1v) is 9.42. The van der Waals surface area contributed by atoms with Crippen molar-refractivity contribution in [2.45, 2.75) is 25.3 Å². The van der Waals surface area contributed by atoms with Gasteiger partial charge in [0.25, 0.3) is 5.91 Å². The summed E-state index contributed by atoms with van der Waals surface area (Å²) >= 11 is 0. The van der Waals surface area contributed by atoms with E-state index >= 15 is 0 Å². The Bertz CT molecular complexity index is 879. The van der Waals surface area contributed by atoms with Crippen LogP contribution in [0.15, 0.2) is 55.0 Å². The predicted octanol–water partition coefficient (Wildman–Crippen LogP) is 1.97. The fraction of sp³-hybridized carbons (Fsp3) is 0.350. The Kier molecular flexibility index (Phi) is 5.29. The fourth-order valence-corrected chi connectivity index (χ4v) is 3.34. The van der Waals surface area contributed by atoms with Crippen LogP contribution in [-0.4, -0.2) is 45.1 Å². The predicted molar refractivity (Wildman–Crippen MR) is 103 cm³/mol. The quantitative estimate of drug-likeness (QED) is 0.701. The van der Waals surface area contributed by atoms with Crippen LogP contribution in [-0.2, 0) is 6.42 Å². The zero-order valence-corrected chi connectivity index (χ0v) is 15.2. The molecule has 3 heterocycles. The van der Waals surface area contributed by atoms with Gasteiger partial charge in [-0.3, -0.25) is 9.48 Å². The molecule has 1 aliphatic heterocycles. The van der Waals surface area contributed by atoms with Gasteiger partial charge in [-0.25, -0.2) is 4.68 Å². The first kappa shape index (κ1) is 17.5. The third-order valence-electron chi connectivity index (χ3n) is 4.84. The van der Waals surface area contributed by atoms with Crippen molar-refractivity contribution in [3.8, 4) is 5.69 Å². The maximum Gasteiger partial charge on any atom is 0.271 e. The molecule has 7 nitrogen and oxygen atoms in total. The molecule has 0 bridgehead atoms. The first-order valence-electron chi connectivity index (χ1n) is 9.42. The highest BCUT2D eigenvalue weighted by Gasteiger charge is 2.17. The maximum atomic E-state index is 12.3. The number of rotatable bonds is 6. The second-order valence-electron chi connectivity index (χ2n) is 6.82. The van der Waals surface area contributed by atoms with E-state index in [4.69, 9.17) is 0 Å². The average molecular weight is 364 g/mol. The van der Waals surface area contributed by atoms with E-state index in [2.05, 4.69) is 20.8 Å². The van der Waals surface area contributed by atoms with Crippen molar-refractivity contribution in [2.75, 3.05) is 19.6 Å². The molecule has 2 aromatic heterocycles. The molecule has 1 atom stereocenters. The molecule has 4 rings (SSSR count). The highest BCUT2D eigenvalue weighted by molar-refractivity contribution is 5.92. The van der Waals surface area contributed by atoms with Crippen LogP contribution in [0.4, 0.5) is 0 Å². The fourth-order valence-electron chi connectivity index (χ4n) is 3.34. The van der Waals surface area contributed by atoms with Crippen LogP contribution in [0.25, 0.3) is 5.69 Å². The number of amides is 1. The van der Waals surface area contributed by atoms with E-state index in [0.717, 1.165) is 43.6 Å². The lowest BCUT2D eigenvalue weighted by Crippen LogP contribution is -2.32. The zero-order valence-electron chi connectivity index (χ0n) is 15.2. The second-order valence-corrected chi connectivity index (χ2v) is 6.82. The normalized spacial score (nSPS) is 17.0.